The first-order valence-corrected chi connectivity index (χ1v) is 13.7. The van der Waals surface area contributed by atoms with E-state index < -0.39 is 11.1 Å². The molecule has 0 aliphatic rings. The average Bonchev–Trinajstić information content (AvgIpc) is 2.82. The predicted molar refractivity (Wildman–Crippen MR) is 138 cm³/mol. The van der Waals surface area contributed by atoms with Gasteiger partial charge in [0.05, 0.1) is 4.92 Å². The molecule has 0 aliphatic carbocycles. The third-order valence-electron chi connectivity index (χ3n) is 6.27. The zero-order chi connectivity index (χ0) is 24.9. The molecule has 6 heteroatoms. The van der Waals surface area contributed by atoms with E-state index in [1.165, 1.54) is 114 Å². The highest BCUT2D eigenvalue weighted by atomic mass is 16.7. The van der Waals surface area contributed by atoms with Crippen molar-refractivity contribution < 1.29 is 19.2 Å². The van der Waals surface area contributed by atoms with Crippen molar-refractivity contribution in [2.45, 2.75) is 136 Å². The minimum atomic E-state index is -0.724. The Hall–Kier alpha value is -2.11. The van der Waals surface area contributed by atoms with Crippen molar-refractivity contribution in [3.8, 4) is 5.75 Å². The van der Waals surface area contributed by atoms with Crippen LogP contribution in [0.15, 0.2) is 24.3 Å². The molecule has 0 spiro atoms. The number of nitrogens with zero attached hydrogens (tertiary/aromatic N) is 1. The summed E-state index contributed by atoms with van der Waals surface area (Å²) < 4.78 is 10.9. The first-order chi connectivity index (χ1) is 16.6. The molecule has 0 unspecified atom stereocenters. The molecule has 0 N–H and O–H groups in total. The number of hydrogen-bond acceptors (Lipinski definition) is 5. The monoisotopic (exact) mass is 477 g/mol. The normalized spacial score (nSPS) is 11.0. The second kappa shape index (κ2) is 20.3. The lowest BCUT2D eigenvalue weighted by Crippen LogP contribution is -2.21. The zero-order valence-electron chi connectivity index (χ0n) is 21.6. The fourth-order valence-corrected chi connectivity index (χ4v) is 4.17. The number of non-ortho nitro benzene ring substituents is 1. The first-order valence-electron chi connectivity index (χ1n) is 13.7. The van der Waals surface area contributed by atoms with Crippen molar-refractivity contribution in [3.05, 3.63) is 34.4 Å². The number of hydrogen-bond donors (Lipinski definition) is 0. The van der Waals surface area contributed by atoms with Gasteiger partial charge >= 0.3 is 6.16 Å². The van der Waals surface area contributed by atoms with Crippen LogP contribution in [0, 0.1) is 10.1 Å². The summed E-state index contributed by atoms with van der Waals surface area (Å²) in [6.07, 6.45) is 20.8. The summed E-state index contributed by atoms with van der Waals surface area (Å²) in [5, 5.41) is 10.8. The largest absolute Gasteiger partial charge is 0.514 e. The van der Waals surface area contributed by atoms with Crippen LogP contribution in [0.3, 0.4) is 0 Å². The summed E-state index contributed by atoms with van der Waals surface area (Å²) in [7, 11) is 0. The van der Waals surface area contributed by atoms with Crippen molar-refractivity contribution >= 4 is 11.8 Å². The number of benzene rings is 1. The van der Waals surface area contributed by atoms with E-state index in [1.807, 2.05) is 0 Å². The Balaban J connectivity index is 2.38. The Bertz CT molecular complexity index is 627. The maximum atomic E-state index is 12.3. The Kier molecular flexibility index (Phi) is 17.8. The molecule has 0 amide bonds. The molecule has 0 fully saturated rings. The lowest BCUT2D eigenvalue weighted by atomic mass is 10.0. The molecule has 0 bridgehead atoms. The van der Waals surface area contributed by atoms with Gasteiger partial charge in [-0.25, -0.2) is 4.79 Å². The number of carbonyl (C=O) groups excluding carboxylic acids is 1. The molecule has 0 radical (unpaired) electrons. The van der Waals surface area contributed by atoms with E-state index in [1.54, 1.807) is 0 Å². The highest BCUT2D eigenvalue weighted by Gasteiger charge is 2.17. The van der Waals surface area contributed by atoms with E-state index in [4.69, 9.17) is 9.47 Å². The van der Waals surface area contributed by atoms with E-state index in [0.717, 1.165) is 25.7 Å². The van der Waals surface area contributed by atoms with Crippen molar-refractivity contribution in [1.29, 1.82) is 0 Å². The molecule has 0 saturated heterocycles. The SMILES string of the molecule is CCCCCCCCCCC(CCCCCCCCCC)OC(=O)Oc1ccc([N+](=O)[O-])cc1. The van der Waals surface area contributed by atoms with Gasteiger partial charge in [-0.05, 0) is 37.8 Å². The lowest BCUT2D eigenvalue weighted by molar-refractivity contribution is -0.384. The molecular weight excluding hydrogens is 430 g/mol. The van der Waals surface area contributed by atoms with Crippen molar-refractivity contribution in [3.63, 3.8) is 0 Å². The van der Waals surface area contributed by atoms with Crippen molar-refractivity contribution in [2.24, 2.45) is 0 Å². The van der Waals surface area contributed by atoms with E-state index in [-0.39, 0.29) is 17.5 Å². The molecule has 6 nitrogen and oxygen atoms in total. The van der Waals surface area contributed by atoms with Crippen LogP contribution in [0.5, 0.6) is 5.75 Å². The van der Waals surface area contributed by atoms with Crippen LogP contribution in [-0.2, 0) is 4.74 Å². The summed E-state index contributed by atoms with van der Waals surface area (Å²) in [5.74, 6) is 0.258. The molecule has 34 heavy (non-hydrogen) atoms. The Labute approximate surface area is 207 Å². The summed E-state index contributed by atoms with van der Waals surface area (Å²) >= 11 is 0. The van der Waals surface area contributed by atoms with Gasteiger partial charge in [0.2, 0.25) is 0 Å². The van der Waals surface area contributed by atoms with Gasteiger partial charge in [-0.2, -0.15) is 0 Å². The third-order valence-corrected chi connectivity index (χ3v) is 6.27. The van der Waals surface area contributed by atoms with Gasteiger partial charge in [-0.3, -0.25) is 10.1 Å². The Morgan fingerprint density at radius 2 is 1.15 bits per heavy atom. The highest BCUT2D eigenvalue weighted by molar-refractivity contribution is 5.64. The second-order valence-electron chi connectivity index (χ2n) is 9.37. The third kappa shape index (κ3) is 15.7. The van der Waals surface area contributed by atoms with Gasteiger partial charge in [0.1, 0.15) is 11.9 Å². The van der Waals surface area contributed by atoms with Gasteiger partial charge in [0.25, 0.3) is 5.69 Å². The van der Waals surface area contributed by atoms with E-state index in [9.17, 15) is 14.9 Å². The minimum absolute atomic E-state index is 0.0389. The molecule has 194 valence electrons. The molecule has 1 aromatic rings. The van der Waals surface area contributed by atoms with Gasteiger partial charge in [-0.1, -0.05) is 104 Å². The quantitative estimate of drug-likeness (QED) is 0.0579. The number of nitro groups is 1. The lowest BCUT2D eigenvalue weighted by Gasteiger charge is -2.17. The van der Waals surface area contributed by atoms with Crippen LogP contribution in [0.25, 0.3) is 0 Å². The molecule has 1 aromatic carbocycles. The Morgan fingerprint density at radius 1 is 0.735 bits per heavy atom. The molecule has 0 heterocycles. The van der Waals surface area contributed by atoms with Gasteiger partial charge in [-0.15, -0.1) is 0 Å². The first kappa shape index (κ1) is 29.9. The topological polar surface area (TPSA) is 78.7 Å². The van der Waals surface area contributed by atoms with Crippen LogP contribution in [-0.4, -0.2) is 17.2 Å². The predicted octanol–water partition coefficient (Wildman–Crippen LogP) is 9.54. The van der Waals surface area contributed by atoms with Crippen LogP contribution in [0.2, 0.25) is 0 Å². The average molecular weight is 478 g/mol. The van der Waals surface area contributed by atoms with Crippen LogP contribution in [0.1, 0.15) is 129 Å². The highest BCUT2D eigenvalue weighted by Crippen LogP contribution is 2.21. The van der Waals surface area contributed by atoms with Crippen molar-refractivity contribution in [1.82, 2.24) is 0 Å². The number of unbranched alkanes of at least 4 members (excludes halogenated alkanes) is 14. The van der Waals surface area contributed by atoms with Gasteiger partial charge in [0.15, 0.2) is 0 Å². The van der Waals surface area contributed by atoms with Crippen molar-refractivity contribution in [2.75, 3.05) is 0 Å². The van der Waals surface area contributed by atoms with E-state index in [2.05, 4.69) is 13.8 Å². The molecular formula is C28H47NO5. The number of ether oxygens (including phenoxy) is 2. The number of nitro benzene ring substituents is 1. The van der Waals surface area contributed by atoms with Gasteiger partial charge in [0, 0.05) is 12.1 Å². The van der Waals surface area contributed by atoms with Crippen LogP contribution in [0.4, 0.5) is 10.5 Å². The van der Waals surface area contributed by atoms with Crippen LogP contribution >= 0.6 is 0 Å². The second-order valence-corrected chi connectivity index (χ2v) is 9.37. The maximum absolute atomic E-state index is 12.3. The van der Waals surface area contributed by atoms with E-state index in [0.29, 0.717) is 0 Å². The summed E-state index contributed by atoms with van der Waals surface area (Å²) in [4.78, 5) is 22.6. The fourth-order valence-electron chi connectivity index (χ4n) is 4.17. The Morgan fingerprint density at radius 3 is 1.56 bits per heavy atom. The molecule has 1 rings (SSSR count). The maximum Gasteiger partial charge on any atom is 0.514 e. The summed E-state index contributed by atoms with van der Waals surface area (Å²) in [5.41, 5.74) is -0.0389. The minimum Gasteiger partial charge on any atom is -0.431 e. The smallest absolute Gasteiger partial charge is 0.431 e. The molecule has 0 atom stereocenters. The fraction of sp³-hybridized carbons (Fsp3) is 0.750. The summed E-state index contributed by atoms with van der Waals surface area (Å²) in [6.45, 7) is 4.47. The zero-order valence-corrected chi connectivity index (χ0v) is 21.6. The van der Waals surface area contributed by atoms with E-state index >= 15 is 0 Å². The standard InChI is InChI=1S/C28H47NO5/c1-3-5-7-9-11-13-15-17-19-26(20-18-16-14-12-10-8-6-4-2)33-28(30)34-27-23-21-25(22-24-27)29(31)32/h21-24,26H,3-20H2,1-2H3. The van der Waals surface area contributed by atoms with Crippen LogP contribution < -0.4 is 4.74 Å². The molecule has 0 aliphatic heterocycles. The number of carbonyl (C=O) groups is 1. The summed E-state index contributed by atoms with van der Waals surface area (Å²) in [6, 6.07) is 5.49. The van der Waals surface area contributed by atoms with Gasteiger partial charge < -0.3 is 9.47 Å². The number of rotatable bonds is 21. The molecule has 0 saturated carbocycles. The molecule has 0 aromatic heterocycles.